The van der Waals surface area contributed by atoms with Gasteiger partial charge in [-0.1, -0.05) is 12.1 Å². The Morgan fingerprint density at radius 1 is 1.17 bits per heavy atom. The number of pyridine rings is 1. The number of hydroxylamine groups is 1. The van der Waals surface area contributed by atoms with E-state index in [1.165, 1.54) is 12.2 Å². The second kappa shape index (κ2) is 7.85. The molecule has 0 aliphatic heterocycles. The summed E-state index contributed by atoms with van der Waals surface area (Å²) in [5.74, 6) is 1.67. The molecule has 24 heavy (non-hydrogen) atoms. The Labute approximate surface area is 146 Å². The van der Waals surface area contributed by atoms with Gasteiger partial charge in [0.05, 0.1) is 7.11 Å². The SMILES string of the molecule is COc1ccc(-c2ccc(N(C)SONC3CC(N)C3)nc2)cc1. The van der Waals surface area contributed by atoms with Crippen molar-refractivity contribution in [1.82, 2.24) is 10.5 Å². The first-order valence-electron chi connectivity index (χ1n) is 7.84. The Balaban J connectivity index is 1.52. The van der Waals surface area contributed by atoms with Crippen LogP contribution in [-0.4, -0.2) is 31.2 Å². The normalized spacial score (nSPS) is 19.6. The van der Waals surface area contributed by atoms with Crippen LogP contribution in [0.25, 0.3) is 11.1 Å². The third-order valence-electron chi connectivity index (χ3n) is 4.03. The van der Waals surface area contributed by atoms with Crippen LogP contribution in [0, 0.1) is 0 Å². The average Bonchev–Trinajstić information content (AvgIpc) is 2.60. The second-order valence-electron chi connectivity index (χ2n) is 5.84. The molecule has 0 unspecified atom stereocenters. The fourth-order valence-corrected chi connectivity index (χ4v) is 2.94. The molecule has 6 nitrogen and oxygen atoms in total. The van der Waals surface area contributed by atoms with Crippen LogP contribution in [0.2, 0.25) is 0 Å². The summed E-state index contributed by atoms with van der Waals surface area (Å²) < 4.78 is 12.5. The number of ether oxygens (including phenoxy) is 1. The zero-order chi connectivity index (χ0) is 16.9. The molecule has 0 amide bonds. The van der Waals surface area contributed by atoms with E-state index in [9.17, 15) is 0 Å². The number of rotatable bonds is 7. The first-order chi connectivity index (χ1) is 11.7. The summed E-state index contributed by atoms with van der Waals surface area (Å²) in [6.07, 6.45) is 3.77. The molecule has 2 aromatic rings. The Hall–Kier alpha value is -1.80. The lowest BCUT2D eigenvalue weighted by Gasteiger charge is -2.32. The maximum absolute atomic E-state index is 5.74. The van der Waals surface area contributed by atoms with Gasteiger partial charge in [0.25, 0.3) is 0 Å². The van der Waals surface area contributed by atoms with Crippen molar-refractivity contribution in [2.45, 2.75) is 24.9 Å². The van der Waals surface area contributed by atoms with Crippen LogP contribution in [0.5, 0.6) is 5.75 Å². The molecule has 0 spiro atoms. The van der Waals surface area contributed by atoms with Crippen molar-refractivity contribution < 1.29 is 9.02 Å². The number of nitrogens with two attached hydrogens (primary N) is 1. The fourth-order valence-electron chi connectivity index (χ4n) is 2.47. The lowest BCUT2D eigenvalue weighted by molar-refractivity contribution is 0.127. The van der Waals surface area contributed by atoms with E-state index in [1.54, 1.807) is 7.11 Å². The van der Waals surface area contributed by atoms with E-state index in [0.29, 0.717) is 12.1 Å². The van der Waals surface area contributed by atoms with Crippen molar-refractivity contribution >= 4 is 18.0 Å². The topological polar surface area (TPSA) is 72.6 Å². The first-order valence-corrected chi connectivity index (χ1v) is 8.54. The summed E-state index contributed by atoms with van der Waals surface area (Å²) in [4.78, 5) is 4.49. The van der Waals surface area contributed by atoms with Crippen LogP contribution in [0.3, 0.4) is 0 Å². The van der Waals surface area contributed by atoms with Gasteiger partial charge in [0.2, 0.25) is 0 Å². The van der Waals surface area contributed by atoms with Crippen LogP contribution in [0.15, 0.2) is 42.6 Å². The third kappa shape index (κ3) is 4.18. The molecular weight excluding hydrogens is 324 g/mol. The molecule has 3 N–H and O–H groups in total. The number of methoxy groups -OCH3 is 1. The highest BCUT2D eigenvalue weighted by molar-refractivity contribution is 7.96. The van der Waals surface area contributed by atoms with E-state index in [1.807, 2.05) is 53.9 Å². The van der Waals surface area contributed by atoms with Crippen LogP contribution in [0.4, 0.5) is 5.82 Å². The average molecular weight is 346 g/mol. The molecule has 1 aliphatic carbocycles. The molecule has 0 saturated heterocycles. The zero-order valence-corrected chi connectivity index (χ0v) is 14.6. The second-order valence-corrected chi connectivity index (χ2v) is 6.70. The minimum Gasteiger partial charge on any atom is -0.497 e. The summed E-state index contributed by atoms with van der Waals surface area (Å²) in [6, 6.07) is 12.6. The molecule has 1 aromatic heterocycles. The fraction of sp³-hybridized carbons (Fsp3) is 0.353. The number of benzene rings is 1. The standard InChI is InChI=1S/C17H22N4O2S/c1-21(24-23-20-15-9-14(18)10-15)17-8-5-13(11-19-17)12-3-6-16(22-2)7-4-12/h3-8,11,14-15,20H,9-10,18H2,1-2H3. The summed E-state index contributed by atoms with van der Waals surface area (Å²) in [5.41, 5.74) is 10.9. The molecular formula is C17H22N4O2S. The molecule has 0 radical (unpaired) electrons. The number of anilines is 1. The molecule has 3 rings (SSSR count). The minimum absolute atomic E-state index is 0.306. The van der Waals surface area contributed by atoms with E-state index < -0.39 is 0 Å². The van der Waals surface area contributed by atoms with Crippen molar-refractivity contribution in [3.05, 3.63) is 42.6 Å². The van der Waals surface area contributed by atoms with E-state index in [-0.39, 0.29) is 0 Å². The first kappa shape index (κ1) is 17.0. The summed E-state index contributed by atoms with van der Waals surface area (Å²) in [5, 5.41) is 0. The predicted octanol–water partition coefficient (Wildman–Crippen LogP) is 2.77. The molecule has 7 heteroatoms. The molecule has 1 heterocycles. The molecule has 0 atom stereocenters. The van der Waals surface area contributed by atoms with Crippen LogP contribution in [0.1, 0.15) is 12.8 Å². The van der Waals surface area contributed by atoms with E-state index in [0.717, 1.165) is 35.5 Å². The van der Waals surface area contributed by atoms with Gasteiger partial charge in [0.15, 0.2) is 0 Å². The van der Waals surface area contributed by atoms with Crippen molar-refractivity contribution in [2.75, 3.05) is 18.5 Å². The lowest BCUT2D eigenvalue weighted by Crippen LogP contribution is -2.47. The van der Waals surface area contributed by atoms with Gasteiger partial charge in [-0.25, -0.2) is 9.27 Å². The number of hydrogen-bond donors (Lipinski definition) is 2. The van der Waals surface area contributed by atoms with Crippen molar-refractivity contribution in [1.29, 1.82) is 0 Å². The minimum atomic E-state index is 0.306. The van der Waals surface area contributed by atoms with Crippen molar-refractivity contribution in [3.8, 4) is 16.9 Å². The highest BCUT2D eigenvalue weighted by Crippen LogP contribution is 2.25. The van der Waals surface area contributed by atoms with Gasteiger partial charge in [-0.2, -0.15) is 5.48 Å². The van der Waals surface area contributed by atoms with Gasteiger partial charge >= 0.3 is 0 Å². The van der Waals surface area contributed by atoms with Gasteiger partial charge in [-0.05, 0) is 42.7 Å². The quantitative estimate of drug-likeness (QED) is 0.454. The van der Waals surface area contributed by atoms with Gasteiger partial charge in [-0.15, -0.1) is 0 Å². The van der Waals surface area contributed by atoms with Crippen LogP contribution in [-0.2, 0) is 4.28 Å². The summed E-state index contributed by atoms with van der Waals surface area (Å²) >= 11 is 1.22. The monoisotopic (exact) mass is 346 g/mol. The maximum atomic E-state index is 5.74. The summed E-state index contributed by atoms with van der Waals surface area (Å²) in [7, 11) is 3.57. The molecule has 1 aliphatic rings. The van der Waals surface area contributed by atoms with Crippen LogP contribution >= 0.6 is 12.2 Å². The molecule has 1 saturated carbocycles. The summed E-state index contributed by atoms with van der Waals surface area (Å²) in [6.45, 7) is 0. The van der Waals surface area contributed by atoms with Crippen molar-refractivity contribution in [3.63, 3.8) is 0 Å². The van der Waals surface area contributed by atoms with E-state index >= 15 is 0 Å². The Morgan fingerprint density at radius 3 is 2.46 bits per heavy atom. The van der Waals surface area contributed by atoms with Gasteiger partial charge in [0, 0.05) is 30.9 Å². The zero-order valence-electron chi connectivity index (χ0n) is 13.8. The Bertz CT molecular complexity index is 645. The van der Waals surface area contributed by atoms with Gasteiger partial charge < -0.3 is 10.5 Å². The van der Waals surface area contributed by atoms with Gasteiger partial charge in [0.1, 0.15) is 23.8 Å². The lowest BCUT2D eigenvalue weighted by atomic mass is 9.88. The number of nitrogens with one attached hydrogen (secondary N) is 1. The third-order valence-corrected chi connectivity index (χ3v) is 4.61. The molecule has 0 bridgehead atoms. The predicted molar refractivity (Wildman–Crippen MR) is 97.4 cm³/mol. The highest BCUT2D eigenvalue weighted by Gasteiger charge is 2.26. The smallest absolute Gasteiger partial charge is 0.139 e. The molecule has 1 fully saturated rings. The Morgan fingerprint density at radius 2 is 1.88 bits per heavy atom. The maximum Gasteiger partial charge on any atom is 0.139 e. The largest absolute Gasteiger partial charge is 0.497 e. The molecule has 1 aromatic carbocycles. The number of hydrogen-bond acceptors (Lipinski definition) is 7. The molecule has 128 valence electrons. The van der Waals surface area contributed by atoms with E-state index in [4.69, 9.17) is 14.8 Å². The van der Waals surface area contributed by atoms with Crippen LogP contribution < -0.4 is 20.3 Å². The van der Waals surface area contributed by atoms with E-state index in [2.05, 4.69) is 10.5 Å². The highest BCUT2D eigenvalue weighted by atomic mass is 32.2. The Kier molecular flexibility index (Phi) is 5.57. The van der Waals surface area contributed by atoms with Crippen molar-refractivity contribution in [2.24, 2.45) is 5.73 Å². The number of nitrogens with zero attached hydrogens (tertiary/aromatic N) is 2. The van der Waals surface area contributed by atoms with Gasteiger partial charge in [-0.3, -0.25) is 4.31 Å². The number of aromatic nitrogens is 1.